The Hall–Kier alpha value is -3.13. The molecule has 3 aromatic rings. The van der Waals surface area contributed by atoms with Crippen molar-refractivity contribution in [2.24, 2.45) is 0 Å². The molecule has 29 heavy (non-hydrogen) atoms. The van der Waals surface area contributed by atoms with Crippen LogP contribution in [0.15, 0.2) is 41.3 Å². The minimum absolute atomic E-state index is 0.0836. The number of aromatic amines is 2. The molecule has 2 heterocycles. The number of aromatic nitrogens is 3. The van der Waals surface area contributed by atoms with Gasteiger partial charge in [0, 0.05) is 23.6 Å². The van der Waals surface area contributed by atoms with Crippen LogP contribution < -0.4 is 15.8 Å². The molecule has 0 spiro atoms. The summed E-state index contributed by atoms with van der Waals surface area (Å²) < 4.78 is 13.4. The highest BCUT2D eigenvalue weighted by molar-refractivity contribution is 6.31. The standard InChI is InChI=1S/C20H19ClFN5O2/c21-15-9-12(5-7-16(15)22)24-20(29)27(13-6-8-19(28)23-10-13)11-18-14-3-1-2-4-17(14)25-26-18/h5-10H,1-4,11H2,(H,23,28)(H,24,29)(H,25,26). The molecule has 0 saturated carbocycles. The summed E-state index contributed by atoms with van der Waals surface area (Å²) in [5, 5.41) is 10.1. The molecule has 4 rings (SSSR count). The van der Waals surface area contributed by atoms with Gasteiger partial charge in [-0.05, 0) is 55.5 Å². The lowest BCUT2D eigenvalue weighted by Crippen LogP contribution is -2.35. The first-order valence-corrected chi connectivity index (χ1v) is 9.66. The number of carbonyl (C=O) groups excluding carboxylic acids is 1. The van der Waals surface area contributed by atoms with Crippen LogP contribution in [0, 0.1) is 5.82 Å². The molecule has 0 atom stereocenters. The number of halogens is 2. The number of urea groups is 1. The van der Waals surface area contributed by atoms with E-state index in [0.29, 0.717) is 11.4 Å². The van der Waals surface area contributed by atoms with Crippen molar-refractivity contribution in [3.05, 3.63) is 74.7 Å². The zero-order valence-corrected chi connectivity index (χ0v) is 16.2. The van der Waals surface area contributed by atoms with Crippen molar-refractivity contribution < 1.29 is 9.18 Å². The number of nitrogens with zero attached hydrogens (tertiary/aromatic N) is 2. The number of anilines is 2. The third-order valence-electron chi connectivity index (χ3n) is 4.95. The number of hydrogen-bond donors (Lipinski definition) is 3. The van der Waals surface area contributed by atoms with E-state index in [0.717, 1.165) is 42.6 Å². The molecule has 1 aliphatic rings. The molecule has 0 unspecified atom stereocenters. The number of carbonyl (C=O) groups is 1. The van der Waals surface area contributed by atoms with Crippen LogP contribution in [0.4, 0.5) is 20.6 Å². The third kappa shape index (κ3) is 4.17. The van der Waals surface area contributed by atoms with Crippen LogP contribution in [0.25, 0.3) is 0 Å². The predicted octanol–water partition coefficient (Wildman–Crippen LogP) is 4.01. The Labute approximate surface area is 170 Å². The number of nitrogens with one attached hydrogen (secondary N) is 3. The number of hydrogen-bond acceptors (Lipinski definition) is 3. The van der Waals surface area contributed by atoms with Crippen molar-refractivity contribution in [1.82, 2.24) is 15.2 Å². The molecular weight excluding hydrogens is 397 g/mol. The summed E-state index contributed by atoms with van der Waals surface area (Å²) in [6.45, 7) is 0.221. The molecule has 0 saturated heterocycles. The minimum atomic E-state index is -0.565. The van der Waals surface area contributed by atoms with Gasteiger partial charge in [-0.15, -0.1) is 0 Å². The van der Waals surface area contributed by atoms with E-state index in [-0.39, 0.29) is 17.1 Å². The Balaban J connectivity index is 1.63. The highest BCUT2D eigenvalue weighted by Crippen LogP contribution is 2.26. The normalized spacial score (nSPS) is 13.0. The molecule has 0 aliphatic heterocycles. The molecule has 0 fully saturated rings. The van der Waals surface area contributed by atoms with Crippen LogP contribution in [0.3, 0.4) is 0 Å². The highest BCUT2D eigenvalue weighted by atomic mass is 35.5. The van der Waals surface area contributed by atoms with Gasteiger partial charge in [-0.2, -0.15) is 5.10 Å². The number of rotatable bonds is 4. The van der Waals surface area contributed by atoms with E-state index < -0.39 is 11.8 Å². The second-order valence-corrected chi connectivity index (χ2v) is 7.30. The van der Waals surface area contributed by atoms with Gasteiger partial charge >= 0.3 is 6.03 Å². The van der Waals surface area contributed by atoms with E-state index >= 15 is 0 Å². The van der Waals surface area contributed by atoms with E-state index in [2.05, 4.69) is 20.5 Å². The molecule has 0 radical (unpaired) electrons. The first-order chi connectivity index (χ1) is 14.0. The monoisotopic (exact) mass is 415 g/mol. The van der Waals surface area contributed by atoms with Crippen LogP contribution in [0.2, 0.25) is 5.02 Å². The maximum Gasteiger partial charge on any atom is 0.326 e. The zero-order chi connectivity index (χ0) is 20.4. The lowest BCUT2D eigenvalue weighted by atomic mass is 9.96. The summed E-state index contributed by atoms with van der Waals surface area (Å²) in [7, 11) is 0. The van der Waals surface area contributed by atoms with Gasteiger partial charge < -0.3 is 10.3 Å². The molecule has 9 heteroatoms. The van der Waals surface area contributed by atoms with E-state index in [1.54, 1.807) is 6.07 Å². The van der Waals surface area contributed by atoms with Gasteiger partial charge in [0.25, 0.3) is 0 Å². The number of pyridine rings is 1. The summed E-state index contributed by atoms with van der Waals surface area (Å²) in [5.41, 5.74) is 3.64. The quantitative estimate of drug-likeness (QED) is 0.601. The first kappa shape index (κ1) is 19.2. The van der Waals surface area contributed by atoms with Gasteiger partial charge in [-0.25, -0.2) is 9.18 Å². The van der Waals surface area contributed by atoms with Crippen LogP contribution in [0.5, 0.6) is 0 Å². The number of benzene rings is 1. The molecule has 0 bridgehead atoms. The van der Waals surface area contributed by atoms with Crippen LogP contribution in [0.1, 0.15) is 29.8 Å². The second-order valence-electron chi connectivity index (χ2n) is 6.89. The van der Waals surface area contributed by atoms with Crippen LogP contribution in [-0.2, 0) is 19.4 Å². The first-order valence-electron chi connectivity index (χ1n) is 9.28. The fourth-order valence-electron chi connectivity index (χ4n) is 3.45. The fraction of sp³-hybridized carbons (Fsp3) is 0.250. The summed E-state index contributed by atoms with van der Waals surface area (Å²) in [5.74, 6) is -0.565. The molecule has 2 aromatic heterocycles. The zero-order valence-electron chi connectivity index (χ0n) is 15.5. The van der Waals surface area contributed by atoms with Crippen molar-refractivity contribution >= 4 is 29.0 Å². The SMILES string of the molecule is O=C(Nc1ccc(F)c(Cl)c1)N(Cc1n[nH]c2c1CCCC2)c1ccc(=O)[nH]c1. The second kappa shape index (κ2) is 8.08. The Morgan fingerprint density at radius 3 is 2.83 bits per heavy atom. The number of aryl methyl sites for hydroxylation is 1. The van der Waals surface area contributed by atoms with E-state index in [4.69, 9.17) is 11.6 Å². The van der Waals surface area contributed by atoms with Crippen molar-refractivity contribution in [3.8, 4) is 0 Å². The Kier molecular flexibility index (Phi) is 5.35. The van der Waals surface area contributed by atoms with E-state index in [1.165, 1.54) is 35.4 Å². The van der Waals surface area contributed by atoms with Gasteiger partial charge in [0.2, 0.25) is 5.56 Å². The van der Waals surface area contributed by atoms with Crippen molar-refractivity contribution in [1.29, 1.82) is 0 Å². The van der Waals surface area contributed by atoms with Crippen molar-refractivity contribution in [2.75, 3.05) is 10.2 Å². The molecule has 150 valence electrons. The van der Waals surface area contributed by atoms with Crippen molar-refractivity contribution in [3.63, 3.8) is 0 Å². The summed E-state index contributed by atoms with van der Waals surface area (Å²) in [6.07, 6.45) is 5.53. The molecule has 1 aliphatic carbocycles. The number of fused-ring (bicyclic) bond motifs is 1. The Morgan fingerprint density at radius 2 is 2.07 bits per heavy atom. The highest BCUT2D eigenvalue weighted by Gasteiger charge is 2.23. The summed E-state index contributed by atoms with van der Waals surface area (Å²) in [6, 6.07) is 6.43. The van der Waals surface area contributed by atoms with Gasteiger partial charge in [0.05, 0.1) is 22.9 Å². The average Bonchev–Trinajstić information content (AvgIpc) is 3.13. The maximum atomic E-state index is 13.4. The van der Waals surface area contributed by atoms with Gasteiger partial charge in [-0.3, -0.25) is 14.8 Å². The molecule has 1 aromatic carbocycles. The van der Waals surface area contributed by atoms with Gasteiger partial charge in [0.1, 0.15) is 5.82 Å². The van der Waals surface area contributed by atoms with E-state index in [1.807, 2.05) is 0 Å². The molecule has 7 nitrogen and oxygen atoms in total. The lowest BCUT2D eigenvalue weighted by molar-refractivity contribution is 0.256. The van der Waals surface area contributed by atoms with Crippen LogP contribution >= 0.6 is 11.6 Å². The van der Waals surface area contributed by atoms with Crippen molar-refractivity contribution in [2.45, 2.75) is 32.2 Å². The Morgan fingerprint density at radius 1 is 1.24 bits per heavy atom. The van der Waals surface area contributed by atoms with E-state index in [9.17, 15) is 14.0 Å². The Bertz CT molecular complexity index is 1090. The maximum absolute atomic E-state index is 13.4. The molecule has 2 amide bonds. The average molecular weight is 416 g/mol. The van der Waals surface area contributed by atoms with Crippen LogP contribution in [-0.4, -0.2) is 21.2 Å². The summed E-state index contributed by atoms with van der Waals surface area (Å²) >= 11 is 5.81. The third-order valence-corrected chi connectivity index (χ3v) is 5.24. The largest absolute Gasteiger partial charge is 0.327 e. The number of H-pyrrole nitrogens is 2. The number of amides is 2. The molecular formula is C20H19ClFN5O2. The van der Waals surface area contributed by atoms with Gasteiger partial charge in [0.15, 0.2) is 0 Å². The minimum Gasteiger partial charge on any atom is -0.327 e. The smallest absolute Gasteiger partial charge is 0.326 e. The van der Waals surface area contributed by atoms with Gasteiger partial charge in [-0.1, -0.05) is 11.6 Å². The fourth-order valence-corrected chi connectivity index (χ4v) is 3.63. The predicted molar refractivity (Wildman–Crippen MR) is 109 cm³/mol. The summed E-state index contributed by atoms with van der Waals surface area (Å²) in [4.78, 5) is 28.5. The molecule has 3 N–H and O–H groups in total. The lowest BCUT2D eigenvalue weighted by Gasteiger charge is -2.23. The topological polar surface area (TPSA) is 93.9 Å².